The zero-order chi connectivity index (χ0) is 19.1. The Balaban J connectivity index is 1.85. The molecule has 27 heavy (non-hydrogen) atoms. The van der Waals surface area contributed by atoms with Crippen molar-refractivity contribution in [3.8, 4) is 28.1 Å². The number of carboxylic acid groups (broad SMARTS) is 1. The van der Waals surface area contributed by atoms with E-state index in [0.717, 1.165) is 36.9 Å². The Morgan fingerprint density at radius 2 is 1.52 bits per heavy atom. The maximum absolute atomic E-state index is 11.3. The van der Waals surface area contributed by atoms with Crippen LogP contribution in [0.15, 0.2) is 66.7 Å². The smallest absolute Gasteiger partial charge is 0.339 e. The predicted molar refractivity (Wildman–Crippen MR) is 115 cm³/mol. The number of carboxylic acids is 1. The summed E-state index contributed by atoms with van der Waals surface area (Å²) in [5.41, 5.74) is 5.04. The molecule has 1 heterocycles. The van der Waals surface area contributed by atoms with Crippen LogP contribution >= 0.6 is 22.6 Å². The molecule has 4 aromatic rings. The molecule has 5 heteroatoms. The zero-order valence-electron chi connectivity index (χ0n) is 14.5. The number of aromatic nitrogens is 1. The number of benzene rings is 3. The average Bonchev–Trinajstić information content (AvgIpc) is 2.92. The van der Waals surface area contributed by atoms with E-state index in [0.29, 0.717) is 0 Å². The van der Waals surface area contributed by atoms with E-state index in [-0.39, 0.29) is 11.3 Å². The molecule has 134 valence electrons. The molecule has 0 bridgehead atoms. The summed E-state index contributed by atoms with van der Waals surface area (Å²) < 4.78 is 2.94. The molecular formula is C22H16INO3. The van der Waals surface area contributed by atoms with Crippen LogP contribution in [0.3, 0.4) is 0 Å². The standard InChI is InChI=1S/C22H16INO3/c1-24-18-12-19(25)17(22(26)27)11-16(18)20(23)21(24)15-9-7-14(8-10-15)13-5-3-2-4-6-13/h2-12,25H,1H3,(H,26,27). The van der Waals surface area contributed by atoms with Gasteiger partial charge in [-0.3, -0.25) is 0 Å². The Hall–Kier alpha value is -2.80. The zero-order valence-corrected chi connectivity index (χ0v) is 16.6. The molecule has 0 saturated carbocycles. The Kier molecular flexibility index (Phi) is 4.39. The van der Waals surface area contributed by atoms with Crippen molar-refractivity contribution in [2.24, 2.45) is 7.05 Å². The van der Waals surface area contributed by atoms with Crippen molar-refractivity contribution in [1.82, 2.24) is 4.57 Å². The second-order valence-corrected chi connectivity index (χ2v) is 7.44. The molecule has 0 amide bonds. The van der Waals surface area contributed by atoms with Gasteiger partial charge in [-0.2, -0.15) is 0 Å². The molecule has 4 nitrogen and oxygen atoms in total. The van der Waals surface area contributed by atoms with Gasteiger partial charge in [0.1, 0.15) is 11.3 Å². The van der Waals surface area contributed by atoms with Gasteiger partial charge in [0.25, 0.3) is 0 Å². The number of aromatic hydroxyl groups is 1. The van der Waals surface area contributed by atoms with Gasteiger partial charge < -0.3 is 14.8 Å². The molecule has 3 aromatic carbocycles. The van der Waals surface area contributed by atoms with Crippen LogP contribution in [0.2, 0.25) is 0 Å². The minimum absolute atomic E-state index is 0.0861. The molecule has 2 N–H and O–H groups in total. The first kappa shape index (κ1) is 17.6. The van der Waals surface area contributed by atoms with Crippen LogP contribution in [-0.4, -0.2) is 20.7 Å². The minimum atomic E-state index is -1.14. The SMILES string of the molecule is Cn1c(-c2ccc(-c3ccccc3)cc2)c(I)c2cc(C(=O)O)c(O)cc21. The Morgan fingerprint density at radius 3 is 2.15 bits per heavy atom. The summed E-state index contributed by atoms with van der Waals surface area (Å²) in [6.45, 7) is 0. The van der Waals surface area contributed by atoms with Gasteiger partial charge >= 0.3 is 5.97 Å². The lowest BCUT2D eigenvalue weighted by Gasteiger charge is -2.08. The summed E-state index contributed by atoms with van der Waals surface area (Å²) in [7, 11) is 1.92. The van der Waals surface area contributed by atoms with E-state index in [1.54, 1.807) is 0 Å². The predicted octanol–water partition coefficient (Wildman–Crippen LogP) is 5.52. The second-order valence-electron chi connectivity index (χ2n) is 6.36. The van der Waals surface area contributed by atoms with E-state index >= 15 is 0 Å². The van der Waals surface area contributed by atoms with Crippen LogP contribution in [0.5, 0.6) is 5.75 Å². The third-order valence-corrected chi connectivity index (χ3v) is 5.84. The van der Waals surface area contributed by atoms with E-state index < -0.39 is 5.97 Å². The Labute approximate surface area is 169 Å². The number of hydrogen-bond donors (Lipinski definition) is 2. The van der Waals surface area contributed by atoms with Crippen LogP contribution in [0.4, 0.5) is 0 Å². The van der Waals surface area contributed by atoms with Gasteiger partial charge in [-0.05, 0) is 45.3 Å². The average molecular weight is 469 g/mol. The lowest BCUT2D eigenvalue weighted by molar-refractivity contribution is 0.0694. The van der Waals surface area contributed by atoms with E-state index in [9.17, 15) is 15.0 Å². The maximum Gasteiger partial charge on any atom is 0.339 e. The normalized spacial score (nSPS) is 11.0. The first-order valence-electron chi connectivity index (χ1n) is 8.37. The molecular weight excluding hydrogens is 453 g/mol. The number of hydrogen-bond acceptors (Lipinski definition) is 2. The third-order valence-electron chi connectivity index (χ3n) is 4.75. The summed E-state index contributed by atoms with van der Waals surface area (Å²) in [6, 6.07) is 21.5. The molecule has 0 fully saturated rings. The fraction of sp³-hybridized carbons (Fsp3) is 0.0455. The van der Waals surface area contributed by atoms with Crippen LogP contribution in [-0.2, 0) is 7.05 Å². The Bertz CT molecular complexity index is 1160. The molecule has 0 saturated heterocycles. The summed E-state index contributed by atoms with van der Waals surface area (Å²) >= 11 is 2.24. The molecule has 4 rings (SSSR count). The van der Waals surface area contributed by atoms with Crippen molar-refractivity contribution in [1.29, 1.82) is 0 Å². The van der Waals surface area contributed by atoms with Gasteiger partial charge in [-0.15, -0.1) is 0 Å². The van der Waals surface area contributed by atoms with Gasteiger partial charge in [-0.25, -0.2) is 4.79 Å². The van der Waals surface area contributed by atoms with Gasteiger partial charge in [0.2, 0.25) is 0 Å². The van der Waals surface area contributed by atoms with E-state index in [1.165, 1.54) is 12.1 Å². The van der Waals surface area contributed by atoms with Gasteiger partial charge in [0.15, 0.2) is 0 Å². The van der Waals surface area contributed by atoms with Crippen LogP contribution < -0.4 is 0 Å². The highest BCUT2D eigenvalue weighted by Gasteiger charge is 2.19. The summed E-state index contributed by atoms with van der Waals surface area (Å²) in [6.07, 6.45) is 0. The number of fused-ring (bicyclic) bond motifs is 1. The highest BCUT2D eigenvalue weighted by atomic mass is 127. The molecule has 1 aromatic heterocycles. The maximum atomic E-state index is 11.3. The highest BCUT2D eigenvalue weighted by molar-refractivity contribution is 14.1. The summed E-state index contributed by atoms with van der Waals surface area (Å²) in [5.74, 6) is -1.36. The fourth-order valence-electron chi connectivity index (χ4n) is 3.37. The number of rotatable bonds is 3. The van der Waals surface area contributed by atoms with Crippen molar-refractivity contribution in [2.75, 3.05) is 0 Å². The number of carbonyl (C=O) groups is 1. The van der Waals surface area contributed by atoms with Crippen molar-refractivity contribution in [3.05, 3.63) is 75.9 Å². The minimum Gasteiger partial charge on any atom is -0.507 e. The second kappa shape index (κ2) is 6.74. The molecule has 0 aliphatic carbocycles. The number of phenols is 1. The fourth-order valence-corrected chi connectivity index (χ4v) is 4.47. The molecule has 0 spiro atoms. The first-order valence-corrected chi connectivity index (χ1v) is 9.45. The monoisotopic (exact) mass is 469 g/mol. The van der Waals surface area contributed by atoms with Crippen molar-refractivity contribution in [2.45, 2.75) is 0 Å². The quantitative estimate of drug-likeness (QED) is 0.389. The van der Waals surface area contributed by atoms with E-state index in [2.05, 4.69) is 59.0 Å². The van der Waals surface area contributed by atoms with Crippen LogP contribution in [0, 0.1) is 3.57 Å². The number of nitrogens with zero attached hydrogens (tertiary/aromatic N) is 1. The number of halogens is 1. The van der Waals surface area contributed by atoms with Gasteiger partial charge in [0.05, 0.1) is 11.2 Å². The van der Waals surface area contributed by atoms with Crippen molar-refractivity contribution < 1.29 is 15.0 Å². The lowest BCUT2D eigenvalue weighted by Crippen LogP contribution is -1.97. The Morgan fingerprint density at radius 1 is 0.926 bits per heavy atom. The molecule has 0 radical (unpaired) electrons. The van der Waals surface area contributed by atoms with Crippen molar-refractivity contribution in [3.63, 3.8) is 0 Å². The molecule has 0 unspecified atom stereocenters. The van der Waals surface area contributed by atoms with Crippen LogP contribution in [0.25, 0.3) is 33.3 Å². The summed E-state index contributed by atoms with van der Waals surface area (Å²) in [4.78, 5) is 11.3. The van der Waals surface area contributed by atoms with E-state index in [1.807, 2.05) is 29.8 Å². The summed E-state index contributed by atoms with van der Waals surface area (Å²) in [5, 5.41) is 20.1. The highest BCUT2D eigenvalue weighted by Crippen LogP contribution is 2.37. The van der Waals surface area contributed by atoms with Gasteiger partial charge in [0, 0.05) is 22.1 Å². The first-order chi connectivity index (χ1) is 13.0. The number of aryl methyl sites for hydroxylation is 1. The van der Waals surface area contributed by atoms with E-state index in [4.69, 9.17) is 0 Å². The van der Waals surface area contributed by atoms with Crippen molar-refractivity contribution >= 4 is 39.5 Å². The number of aromatic carboxylic acids is 1. The third kappa shape index (κ3) is 2.98. The van der Waals surface area contributed by atoms with Crippen LogP contribution in [0.1, 0.15) is 10.4 Å². The molecule has 0 aliphatic heterocycles. The molecule has 0 atom stereocenters. The van der Waals surface area contributed by atoms with Gasteiger partial charge in [-0.1, -0.05) is 54.6 Å². The molecule has 0 aliphatic rings. The largest absolute Gasteiger partial charge is 0.507 e. The topological polar surface area (TPSA) is 62.5 Å². The lowest BCUT2D eigenvalue weighted by atomic mass is 10.0.